The summed E-state index contributed by atoms with van der Waals surface area (Å²) in [6.45, 7) is 2.79. The van der Waals surface area contributed by atoms with Crippen molar-refractivity contribution in [1.29, 1.82) is 0 Å². The molecule has 1 aliphatic rings. The summed E-state index contributed by atoms with van der Waals surface area (Å²) < 4.78 is 18.9. The van der Waals surface area contributed by atoms with E-state index in [0.717, 1.165) is 18.8 Å². The van der Waals surface area contributed by atoms with Crippen molar-refractivity contribution in [2.24, 2.45) is 5.92 Å². The lowest BCUT2D eigenvalue weighted by Crippen LogP contribution is -2.32. The summed E-state index contributed by atoms with van der Waals surface area (Å²) in [6, 6.07) is 16.8. The Balaban J connectivity index is 1.72. The summed E-state index contributed by atoms with van der Waals surface area (Å²) in [5.74, 6) is 1.51. The fourth-order valence-electron chi connectivity index (χ4n) is 3.17. The molecule has 3 heteroatoms. The average Bonchev–Trinajstić information content (AvgIpc) is 2.59. The minimum absolute atomic E-state index is 0.231. The highest BCUT2D eigenvalue weighted by Gasteiger charge is 2.25. The second-order valence-electron chi connectivity index (χ2n) is 5.87. The standard InChI is InChI=1S/C19H22FNO/c20-17-6-8-18(9-7-17)22-14-19(15-4-2-1-3-5-15)16-10-12-21-13-11-16/h1-9,16,19,21H,10-14H2. The summed E-state index contributed by atoms with van der Waals surface area (Å²) in [4.78, 5) is 0. The molecular weight excluding hydrogens is 277 g/mol. The number of piperidine rings is 1. The lowest BCUT2D eigenvalue weighted by atomic mass is 9.81. The van der Waals surface area contributed by atoms with E-state index >= 15 is 0 Å². The molecule has 3 rings (SSSR count). The predicted molar refractivity (Wildman–Crippen MR) is 86.7 cm³/mol. The number of benzene rings is 2. The zero-order valence-corrected chi connectivity index (χ0v) is 12.7. The molecule has 2 nitrogen and oxygen atoms in total. The lowest BCUT2D eigenvalue weighted by Gasteiger charge is -2.31. The smallest absolute Gasteiger partial charge is 0.123 e. The van der Waals surface area contributed by atoms with Gasteiger partial charge in [0.1, 0.15) is 11.6 Å². The van der Waals surface area contributed by atoms with Gasteiger partial charge in [0, 0.05) is 5.92 Å². The highest BCUT2D eigenvalue weighted by Crippen LogP contribution is 2.31. The molecule has 0 aliphatic carbocycles. The Labute approximate surface area is 131 Å². The highest BCUT2D eigenvalue weighted by atomic mass is 19.1. The molecule has 2 aromatic rings. The zero-order chi connectivity index (χ0) is 15.2. The first-order chi connectivity index (χ1) is 10.8. The van der Waals surface area contributed by atoms with Gasteiger partial charge in [0.2, 0.25) is 0 Å². The van der Waals surface area contributed by atoms with Crippen LogP contribution in [0.3, 0.4) is 0 Å². The fourth-order valence-corrected chi connectivity index (χ4v) is 3.17. The van der Waals surface area contributed by atoms with Crippen molar-refractivity contribution in [3.63, 3.8) is 0 Å². The van der Waals surface area contributed by atoms with Crippen LogP contribution in [0.15, 0.2) is 54.6 Å². The van der Waals surface area contributed by atoms with Crippen LogP contribution in [0.25, 0.3) is 0 Å². The van der Waals surface area contributed by atoms with Gasteiger partial charge in [-0.05, 0) is 61.7 Å². The monoisotopic (exact) mass is 299 g/mol. The maximum absolute atomic E-state index is 13.0. The third kappa shape index (κ3) is 3.86. The molecule has 2 aromatic carbocycles. The van der Waals surface area contributed by atoms with E-state index in [-0.39, 0.29) is 5.82 Å². The molecule has 1 fully saturated rings. The Morgan fingerprint density at radius 3 is 2.36 bits per heavy atom. The molecule has 22 heavy (non-hydrogen) atoms. The van der Waals surface area contributed by atoms with Gasteiger partial charge >= 0.3 is 0 Å². The Kier molecular flexibility index (Phi) is 5.07. The van der Waals surface area contributed by atoms with Gasteiger partial charge in [0.25, 0.3) is 0 Å². The van der Waals surface area contributed by atoms with Gasteiger partial charge in [-0.15, -0.1) is 0 Å². The SMILES string of the molecule is Fc1ccc(OCC(c2ccccc2)C2CCNCC2)cc1. The molecule has 1 aliphatic heterocycles. The van der Waals surface area contributed by atoms with Crippen LogP contribution in [-0.4, -0.2) is 19.7 Å². The van der Waals surface area contributed by atoms with Crippen molar-refractivity contribution in [1.82, 2.24) is 5.32 Å². The Morgan fingerprint density at radius 1 is 1.00 bits per heavy atom. The van der Waals surface area contributed by atoms with E-state index in [1.54, 1.807) is 12.1 Å². The number of ether oxygens (including phenoxy) is 1. The molecule has 1 unspecified atom stereocenters. The van der Waals surface area contributed by atoms with Crippen LogP contribution in [0.4, 0.5) is 4.39 Å². The minimum Gasteiger partial charge on any atom is -0.493 e. The van der Waals surface area contributed by atoms with Gasteiger partial charge < -0.3 is 10.1 Å². The second-order valence-corrected chi connectivity index (χ2v) is 5.87. The van der Waals surface area contributed by atoms with Crippen molar-refractivity contribution in [3.8, 4) is 5.75 Å². The van der Waals surface area contributed by atoms with Crippen LogP contribution in [0.5, 0.6) is 5.75 Å². The van der Waals surface area contributed by atoms with Crippen LogP contribution in [0, 0.1) is 11.7 Å². The summed E-state index contributed by atoms with van der Waals surface area (Å²) in [7, 11) is 0. The number of hydrogen-bond acceptors (Lipinski definition) is 2. The van der Waals surface area contributed by atoms with E-state index in [1.807, 2.05) is 6.07 Å². The van der Waals surface area contributed by atoms with E-state index in [2.05, 4.69) is 29.6 Å². The van der Waals surface area contributed by atoms with Crippen LogP contribution in [-0.2, 0) is 0 Å². The van der Waals surface area contributed by atoms with E-state index in [1.165, 1.54) is 30.5 Å². The number of hydrogen-bond donors (Lipinski definition) is 1. The van der Waals surface area contributed by atoms with Crippen LogP contribution >= 0.6 is 0 Å². The largest absolute Gasteiger partial charge is 0.493 e. The Hall–Kier alpha value is -1.87. The summed E-state index contributed by atoms with van der Waals surface area (Å²) in [5, 5.41) is 3.42. The lowest BCUT2D eigenvalue weighted by molar-refractivity contribution is 0.217. The molecule has 0 radical (unpaired) electrons. The summed E-state index contributed by atoms with van der Waals surface area (Å²) in [5.41, 5.74) is 1.33. The van der Waals surface area contributed by atoms with Crippen molar-refractivity contribution in [2.75, 3.05) is 19.7 Å². The number of halogens is 1. The maximum atomic E-state index is 13.0. The van der Waals surface area contributed by atoms with Crippen molar-refractivity contribution >= 4 is 0 Å². The molecule has 0 aromatic heterocycles. The fraction of sp³-hybridized carbons (Fsp3) is 0.368. The topological polar surface area (TPSA) is 21.3 Å². The predicted octanol–water partition coefficient (Wildman–Crippen LogP) is 3.99. The van der Waals surface area contributed by atoms with Gasteiger partial charge in [-0.25, -0.2) is 4.39 Å². The minimum atomic E-state index is -0.231. The Bertz CT molecular complexity index is 564. The number of rotatable bonds is 5. The van der Waals surface area contributed by atoms with Crippen LogP contribution in [0.1, 0.15) is 24.3 Å². The number of nitrogens with one attached hydrogen (secondary N) is 1. The van der Waals surface area contributed by atoms with Crippen LogP contribution in [0.2, 0.25) is 0 Å². The van der Waals surface area contributed by atoms with Gasteiger partial charge in [-0.2, -0.15) is 0 Å². The molecule has 1 heterocycles. The summed E-state index contributed by atoms with van der Waals surface area (Å²) in [6.07, 6.45) is 2.35. The molecule has 0 amide bonds. The third-order valence-corrected chi connectivity index (χ3v) is 4.42. The van der Waals surface area contributed by atoms with E-state index in [9.17, 15) is 4.39 Å². The first-order valence-electron chi connectivity index (χ1n) is 7.97. The van der Waals surface area contributed by atoms with E-state index in [4.69, 9.17) is 4.74 Å². The highest BCUT2D eigenvalue weighted by molar-refractivity contribution is 5.24. The zero-order valence-electron chi connectivity index (χ0n) is 12.7. The molecule has 0 bridgehead atoms. The molecule has 1 atom stereocenters. The molecule has 1 N–H and O–H groups in total. The van der Waals surface area contributed by atoms with E-state index < -0.39 is 0 Å². The molecule has 116 valence electrons. The maximum Gasteiger partial charge on any atom is 0.123 e. The average molecular weight is 299 g/mol. The first-order valence-corrected chi connectivity index (χ1v) is 7.97. The van der Waals surface area contributed by atoms with Crippen molar-refractivity contribution in [2.45, 2.75) is 18.8 Å². The van der Waals surface area contributed by atoms with Gasteiger partial charge in [-0.3, -0.25) is 0 Å². The summed E-state index contributed by atoms with van der Waals surface area (Å²) >= 11 is 0. The molecular formula is C19H22FNO. The Morgan fingerprint density at radius 2 is 1.68 bits per heavy atom. The van der Waals surface area contributed by atoms with Gasteiger partial charge in [0.05, 0.1) is 6.61 Å². The molecule has 0 spiro atoms. The van der Waals surface area contributed by atoms with E-state index in [0.29, 0.717) is 18.4 Å². The second kappa shape index (κ2) is 7.41. The van der Waals surface area contributed by atoms with Crippen molar-refractivity contribution in [3.05, 3.63) is 66.0 Å². The molecule has 0 saturated carbocycles. The normalized spacial score (nSPS) is 17.1. The third-order valence-electron chi connectivity index (χ3n) is 4.42. The van der Waals surface area contributed by atoms with Gasteiger partial charge in [0.15, 0.2) is 0 Å². The van der Waals surface area contributed by atoms with Crippen LogP contribution < -0.4 is 10.1 Å². The van der Waals surface area contributed by atoms with Crippen molar-refractivity contribution < 1.29 is 9.13 Å². The van der Waals surface area contributed by atoms with Gasteiger partial charge in [-0.1, -0.05) is 30.3 Å². The quantitative estimate of drug-likeness (QED) is 0.901. The first kappa shape index (κ1) is 15.0. The molecule has 1 saturated heterocycles.